The van der Waals surface area contributed by atoms with Crippen LogP contribution in [0.4, 0.5) is 119 Å². The lowest BCUT2D eigenvalue weighted by atomic mass is 9.89. The molecule has 0 radical (unpaired) electrons. The van der Waals surface area contributed by atoms with Gasteiger partial charge in [-0.05, 0) is 12.2 Å². The number of ether oxygens (including phenoxy) is 4. The fourth-order valence-electron chi connectivity index (χ4n) is 3.67. The molecule has 0 saturated carbocycles. The first-order valence-electron chi connectivity index (χ1n) is 12.1. The lowest BCUT2D eigenvalue weighted by Gasteiger charge is -2.45. The van der Waals surface area contributed by atoms with Gasteiger partial charge in [-0.2, -0.15) is 131 Å². The highest BCUT2D eigenvalue weighted by Crippen LogP contribution is 2.59. The second-order valence-corrected chi connectivity index (χ2v) is 10.5. The minimum atomic E-state index is -8.01. The zero-order valence-corrected chi connectivity index (χ0v) is 24.6. The van der Waals surface area contributed by atoms with Crippen LogP contribution in [0.5, 0.6) is 0 Å². The van der Waals surface area contributed by atoms with Gasteiger partial charge < -0.3 is 18.9 Å². The molecule has 0 saturated heterocycles. The van der Waals surface area contributed by atoms with Gasteiger partial charge in [0.15, 0.2) is 0 Å². The Morgan fingerprint density at radius 3 is 0.654 bits per heavy atom. The number of halogens is 27. The molecule has 0 aromatic rings. The molecule has 0 heterocycles. The molecule has 314 valence electrons. The Labute approximate surface area is 274 Å². The molecule has 52 heavy (non-hydrogen) atoms. The third-order valence-electron chi connectivity index (χ3n) is 6.23. The Morgan fingerprint density at radius 2 is 0.500 bits per heavy atom. The van der Waals surface area contributed by atoms with E-state index in [1.807, 2.05) is 0 Å². The van der Waals surface area contributed by atoms with Gasteiger partial charge in [-0.15, -0.1) is 0 Å². The first kappa shape index (κ1) is 50.3. The van der Waals surface area contributed by atoms with E-state index in [4.69, 9.17) is 0 Å². The topological polar surface area (TPSA) is 36.9 Å². The Morgan fingerprint density at radius 1 is 0.308 bits per heavy atom. The zero-order valence-electron chi connectivity index (χ0n) is 23.7. The van der Waals surface area contributed by atoms with Crippen LogP contribution in [0.25, 0.3) is 0 Å². The molecule has 4 nitrogen and oxygen atoms in total. The summed E-state index contributed by atoms with van der Waals surface area (Å²) in [6, 6.07) is 0. The van der Waals surface area contributed by atoms with Crippen LogP contribution < -0.4 is 0 Å². The fourth-order valence-corrected chi connectivity index (χ4v) is 3.80. The van der Waals surface area contributed by atoms with Gasteiger partial charge in [0.1, 0.15) is 0 Å². The molecule has 0 aliphatic carbocycles. The van der Waals surface area contributed by atoms with E-state index in [0.717, 1.165) is 0 Å². The summed E-state index contributed by atoms with van der Waals surface area (Å²) in [6.45, 7) is -16.0. The van der Waals surface area contributed by atoms with Crippen molar-refractivity contribution >= 4 is 12.6 Å². The fraction of sp³-hybridized carbons (Fsp3) is 1.00. The van der Waals surface area contributed by atoms with Crippen LogP contribution in [0.2, 0.25) is 0 Å². The van der Waals surface area contributed by atoms with Crippen molar-refractivity contribution < 1.29 is 137 Å². The summed E-state index contributed by atoms with van der Waals surface area (Å²) in [5.74, 6) is -0.561. The summed E-state index contributed by atoms with van der Waals surface area (Å²) in [4.78, 5) is 0. The van der Waals surface area contributed by atoms with Crippen molar-refractivity contribution in [3.63, 3.8) is 0 Å². The van der Waals surface area contributed by atoms with E-state index >= 15 is 0 Å². The van der Waals surface area contributed by atoms with Crippen molar-refractivity contribution in [1.82, 2.24) is 0 Å². The lowest BCUT2D eigenvalue weighted by Crippen LogP contribution is -2.71. The van der Waals surface area contributed by atoms with Gasteiger partial charge in [0.2, 0.25) is 0 Å². The van der Waals surface area contributed by atoms with E-state index in [2.05, 4.69) is 31.6 Å². The molecule has 0 fully saturated rings. The van der Waals surface area contributed by atoms with Gasteiger partial charge >= 0.3 is 72.4 Å². The van der Waals surface area contributed by atoms with Crippen LogP contribution in [0.3, 0.4) is 0 Å². The van der Waals surface area contributed by atoms with Crippen molar-refractivity contribution in [3.05, 3.63) is 0 Å². The summed E-state index contributed by atoms with van der Waals surface area (Å²) in [7, 11) is 0. The lowest BCUT2D eigenvalue weighted by molar-refractivity contribution is -0.474. The summed E-state index contributed by atoms with van der Waals surface area (Å²) >= 11 is 3.41. The molecule has 0 amide bonds. The predicted molar refractivity (Wildman–Crippen MR) is 112 cm³/mol. The standard InChI is InChI=1S/C20H15F27O4S/c21-12(22,23)9(13(24,25)26,14(27,28)29)49-5-8(4-48-2-1-3-52,6-50-10(15(30,31)32,16(33,34)35)17(36,37)38)7-51-11(18(39,40)41,19(42,43)44)20(45,46)47/h52H,1-7H2. The maximum Gasteiger partial charge on any atom is 0.435 e. The SMILES string of the molecule is FC(F)(F)C(OCC(COCCCS)(COC(C(F)(F)F)(C(F)(F)F)C(F)(F)F)COC(C(F)(F)F)(C(F)(F)F)C(F)(F)F)(C(F)(F)F)C(F)(F)F. The number of rotatable bonds is 14. The maximum absolute atomic E-state index is 13.4. The molecular formula is C20H15F27O4S. The highest BCUT2D eigenvalue weighted by Gasteiger charge is 2.88. The molecular weight excluding hydrogens is 849 g/mol. The average molecular weight is 864 g/mol. The first-order chi connectivity index (χ1) is 22.4. The number of hydrogen-bond donors (Lipinski definition) is 1. The smallest absolute Gasteiger partial charge is 0.381 e. The normalized spacial score (nSPS) is 16.2. The molecule has 0 atom stereocenters. The molecule has 0 bridgehead atoms. The molecule has 0 aromatic carbocycles. The predicted octanol–water partition coefficient (Wildman–Crippen LogP) is 9.64. The summed E-state index contributed by atoms with van der Waals surface area (Å²) in [5, 5.41) is 0. The summed E-state index contributed by atoms with van der Waals surface area (Å²) in [6.07, 6.45) is -72.8. The van der Waals surface area contributed by atoms with Crippen molar-refractivity contribution in [2.75, 3.05) is 38.8 Å². The van der Waals surface area contributed by atoms with Crippen LogP contribution in [0.15, 0.2) is 0 Å². The molecule has 32 heteroatoms. The minimum Gasteiger partial charge on any atom is -0.381 e. The van der Waals surface area contributed by atoms with Crippen molar-refractivity contribution in [3.8, 4) is 0 Å². The van der Waals surface area contributed by atoms with Crippen molar-refractivity contribution in [1.29, 1.82) is 0 Å². The van der Waals surface area contributed by atoms with Crippen LogP contribution in [0.1, 0.15) is 6.42 Å². The third-order valence-corrected chi connectivity index (χ3v) is 6.55. The van der Waals surface area contributed by atoms with Crippen molar-refractivity contribution in [2.45, 2.75) is 78.8 Å². The quantitative estimate of drug-likeness (QED) is 0.107. The highest BCUT2D eigenvalue weighted by atomic mass is 32.1. The van der Waals surface area contributed by atoms with Gasteiger partial charge in [-0.3, -0.25) is 0 Å². The Kier molecular flexibility index (Phi) is 14.6. The molecule has 0 aliphatic heterocycles. The van der Waals surface area contributed by atoms with E-state index < -0.39 is 123 Å². The van der Waals surface area contributed by atoms with Crippen LogP contribution in [-0.2, 0) is 18.9 Å². The van der Waals surface area contributed by atoms with E-state index in [1.165, 1.54) is 0 Å². The van der Waals surface area contributed by atoms with Gasteiger partial charge in [-0.1, -0.05) is 0 Å². The van der Waals surface area contributed by atoms with E-state index in [-0.39, 0.29) is 0 Å². The molecule has 0 rings (SSSR count). The molecule has 0 N–H and O–H groups in total. The number of thiol groups is 1. The van der Waals surface area contributed by atoms with Gasteiger partial charge in [0.05, 0.1) is 31.8 Å². The second kappa shape index (κ2) is 15.1. The van der Waals surface area contributed by atoms with E-state index in [0.29, 0.717) is 0 Å². The number of alkyl halides is 27. The van der Waals surface area contributed by atoms with Crippen LogP contribution in [0, 0.1) is 5.41 Å². The molecule has 0 aromatic heterocycles. The van der Waals surface area contributed by atoms with E-state index in [1.54, 1.807) is 0 Å². The molecule has 0 unspecified atom stereocenters. The van der Waals surface area contributed by atoms with Gasteiger partial charge in [0, 0.05) is 6.61 Å². The number of hydrogen-bond acceptors (Lipinski definition) is 5. The Bertz CT molecular complexity index is 893. The van der Waals surface area contributed by atoms with Gasteiger partial charge in [-0.25, -0.2) is 0 Å². The average Bonchev–Trinajstić information content (AvgIpc) is 2.79. The minimum absolute atomic E-state index is 0.561. The van der Waals surface area contributed by atoms with Crippen LogP contribution in [-0.4, -0.2) is 111 Å². The first-order valence-corrected chi connectivity index (χ1v) is 12.8. The van der Waals surface area contributed by atoms with Gasteiger partial charge in [0.25, 0.3) is 0 Å². The zero-order chi connectivity index (χ0) is 42.3. The molecule has 0 aliphatic rings. The summed E-state index contributed by atoms with van der Waals surface area (Å²) in [5.41, 5.74) is -28.7. The molecule has 0 spiro atoms. The summed E-state index contributed by atoms with van der Waals surface area (Å²) < 4.78 is 375. The second-order valence-electron chi connectivity index (χ2n) is 10.0. The van der Waals surface area contributed by atoms with Crippen LogP contribution >= 0.6 is 12.6 Å². The largest absolute Gasteiger partial charge is 0.435 e. The maximum atomic E-state index is 13.4. The Balaban J connectivity index is 8.29. The van der Waals surface area contributed by atoms with E-state index in [9.17, 15) is 119 Å². The van der Waals surface area contributed by atoms with Crippen molar-refractivity contribution in [2.24, 2.45) is 5.41 Å². The monoisotopic (exact) mass is 864 g/mol. The highest BCUT2D eigenvalue weighted by molar-refractivity contribution is 7.80. The Hall–Kier alpha value is -1.70. The third kappa shape index (κ3) is 9.39.